The Morgan fingerprint density at radius 1 is 1.12 bits per heavy atom. The maximum absolute atomic E-state index is 3.36. The molecule has 82 valence electrons. The van der Waals surface area contributed by atoms with E-state index in [0.717, 1.165) is 31.5 Å². The van der Waals surface area contributed by atoms with E-state index in [0.29, 0.717) is 0 Å². The second kappa shape index (κ2) is 5.53. The predicted octanol–water partition coefficient (Wildman–Crippen LogP) is 2.74. The predicted molar refractivity (Wildman–Crippen MR) is 68.1 cm³/mol. The molecule has 1 saturated heterocycles. The number of hydrogen-bond donors (Lipinski definition) is 1. The van der Waals surface area contributed by atoms with Crippen molar-refractivity contribution in [2.75, 3.05) is 13.1 Å². The Morgan fingerprint density at radius 2 is 1.81 bits per heavy atom. The van der Waals surface area contributed by atoms with Gasteiger partial charge in [0.25, 0.3) is 0 Å². The molecule has 16 heavy (non-hydrogen) atoms. The summed E-state index contributed by atoms with van der Waals surface area (Å²) in [4.78, 5) is 0. The fourth-order valence-corrected chi connectivity index (χ4v) is 1.88. The Kier molecular flexibility index (Phi) is 3.80. The van der Waals surface area contributed by atoms with Gasteiger partial charge in [-0.2, -0.15) is 0 Å². The maximum atomic E-state index is 3.36. The second-order valence-electron chi connectivity index (χ2n) is 4.09. The van der Waals surface area contributed by atoms with Crippen molar-refractivity contribution in [3.05, 3.63) is 47.0 Å². The molecule has 1 heteroatoms. The molecule has 1 aromatic carbocycles. The van der Waals surface area contributed by atoms with E-state index in [9.17, 15) is 0 Å². The third kappa shape index (κ3) is 2.98. The molecule has 1 aliphatic heterocycles. The van der Waals surface area contributed by atoms with Crippen LogP contribution in [0.5, 0.6) is 0 Å². The number of hydrogen-bond acceptors (Lipinski definition) is 1. The first-order valence-electron chi connectivity index (χ1n) is 5.82. The van der Waals surface area contributed by atoms with Gasteiger partial charge >= 0.3 is 0 Å². The summed E-state index contributed by atoms with van der Waals surface area (Å²) in [6.45, 7) is 4.33. The van der Waals surface area contributed by atoms with Gasteiger partial charge in [0.1, 0.15) is 0 Å². The molecular weight excluding hydrogens is 194 g/mol. The molecule has 1 aromatic rings. The lowest BCUT2D eigenvalue weighted by Crippen LogP contribution is -2.23. The molecule has 0 bridgehead atoms. The Bertz CT molecular complexity index is 423. The zero-order chi connectivity index (χ0) is 11.2. The molecule has 0 unspecified atom stereocenters. The zero-order valence-corrected chi connectivity index (χ0v) is 9.72. The highest BCUT2D eigenvalue weighted by Crippen LogP contribution is 2.14. The standard InChI is InChI=1S/C15H17N/c1-13(15-9-11-16-12-10-15)7-8-14-5-3-2-4-6-14/h2-6,16H,9-12H2,1H3. The van der Waals surface area contributed by atoms with Crippen LogP contribution >= 0.6 is 0 Å². The van der Waals surface area contributed by atoms with Gasteiger partial charge in [-0.3, -0.25) is 0 Å². The van der Waals surface area contributed by atoms with E-state index >= 15 is 0 Å². The summed E-state index contributed by atoms with van der Waals surface area (Å²) < 4.78 is 0. The molecule has 1 fully saturated rings. The molecule has 1 heterocycles. The van der Waals surface area contributed by atoms with Crippen molar-refractivity contribution < 1.29 is 0 Å². The van der Waals surface area contributed by atoms with E-state index < -0.39 is 0 Å². The van der Waals surface area contributed by atoms with Crippen LogP contribution in [0.1, 0.15) is 25.3 Å². The summed E-state index contributed by atoms with van der Waals surface area (Å²) in [5.74, 6) is 6.48. The Balaban J connectivity index is 2.12. The minimum absolute atomic E-state index is 1.09. The molecule has 0 amide bonds. The zero-order valence-electron chi connectivity index (χ0n) is 9.72. The van der Waals surface area contributed by atoms with Gasteiger partial charge in [0.2, 0.25) is 0 Å². The first-order chi connectivity index (χ1) is 7.86. The van der Waals surface area contributed by atoms with Crippen LogP contribution in [-0.2, 0) is 0 Å². The van der Waals surface area contributed by atoms with Gasteiger partial charge in [0.05, 0.1) is 0 Å². The number of rotatable bonds is 0. The van der Waals surface area contributed by atoms with Crippen LogP contribution in [0, 0.1) is 11.8 Å². The van der Waals surface area contributed by atoms with Crippen molar-refractivity contribution in [3.63, 3.8) is 0 Å². The van der Waals surface area contributed by atoms with E-state index in [1.54, 1.807) is 0 Å². The van der Waals surface area contributed by atoms with Crippen LogP contribution in [0.25, 0.3) is 0 Å². The normalized spacial score (nSPS) is 15.2. The van der Waals surface area contributed by atoms with Gasteiger partial charge in [-0.1, -0.05) is 35.6 Å². The maximum Gasteiger partial charge on any atom is 0.0248 e. The van der Waals surface area contributed by atoms with Crippen molar-refractivity contribution in [2.45, 2.75) is 19.8 Å². The van der Waals surface area contributed by atoms with E-state index in [1.807, 2.05) is 30.3 Å². The third-order valence-electron chi connectivity index (χ3n) is 2.91. The Morgan fingerprint density at radius 3 is 2.50 bits per heavy atom. The number of benzene rings is 1. The highest BCUT2D eigenvalue weighted by molar-refractivity contribution is 5.41. The summed E-state index contributed by atoms with van der Waals surface area (Å²) in [5.41, 5.74) is 3.86. The smallest absolute Gasteiger partial charge is 0.0248 e. The highest BCUT2D eigenvalue weighted by atomic mass is 14.9. The molecule has 1 N–H and O–H groups in total. The largest absolute Gasteiger partial charge is 0.316 e. The van der Waals surface area contributed by atoms with E-state index in [2.05, 4.69) is 24.1 Å². The van der Waals surface area contributed by atoms with E-state index in [-0.39, 0.29) is 0 Å². The van der Waals surface area contributed by atoms with E-state index in [4.69, 9.17) is 0 Å². The fraction of sp³-hybridized carbons (Fsp3) is 0.333. The first kappa shape index (κ1) is 11.0. The van der Waals surface area contributed by atoms with Crippen LogP contribution in [0.4, 0.5) is 0 Å². The van der Waals surface area contributed by atoms with Crippen LogP contribution in [0.3, 0.4) is 0 Å². The molecule has 0 aliphatic carbocycles. The molecule has 0 saturated carbocycles. The summed E-state index contributed by atoms with van der Waals surface area (Å²) in [7, 11) is 0. The van der Waals surface area contributed by atoms with Gasteiger partial charge < -0.3 is 5.32 Å². The van der Waals surface area contributed by atoms with Crippen LogP contribution in [0.15, 0.2) is 41.5 Å². The van der Waals surface area contributed by atoms with Gasteiger partial charge in [0.15, 0.2) is 0 Å². The molecule has 2 rings (SSSR count). The number of allylic oxidation sites excluding steroid dienone is 1. The summed E-state index contributed by atoms with van der Waals surface area (Å²) in [6, 6.07) is 10.2. The van der Waals surface area contributed by atoms with Crippen molar-refractivity contribution >= 4 is 0 Å². The molecule has 0 radical (unpaired) electrons. The Hall–Kier alpha value is -1.52. The second-order valence-corrected chi connectivity index (χ2v) is 4.09. The van der Waals surface area contributed by atoms with Gasteiger partial charge in [-0.25, -0.2) is 0 Å². The molecule has 1 nitrogen and oxygen atoms in total. The first-order valence-corrected chi connectivity index (χ1v) is 5.82. The van der Waals surface area contributed by atoms with Crippen molar-refractivity contribution in [1.82, 2.24) is 5.32 Å². The molecule has 0 spiro atoms. The van der Waals surface area contributed by atoms with Crippen molar-refractivity contribution in [3.8, 4) is 11.8 Å². The van der Waals surface area contributed by atoms with E-state index in [1.165, 1.54) is 11.1 Å². The molecular formula is C15H17N. The topological polar surface area (TPSA) is 12.0 Å². The minimum atomic E-state index is 1.09. The average Bonchev–Trinajstić information content (AvgIpc) is 2.38. The number of piperidine rings is 1. The average molecular weight is 211 g/mol. The molecule has 0 aromatic heterocycles. The van der Waals surface area contributed by atoms with Crippen molar-refractivity contribution in [1.29, 1.82) is 0 Å². The summed E-state index contributed by atoms with van der Waals surface area (Å²) in [6.07, 6.45) is 2.30. The summed E-state index contributed by atoms with van der Waals surface area (Å²) >= 11 is 0. The van der Waals surface area contributed by atoms with Gasteiger partial charge in [-0.15, -0.1) is 0 Å². The Labute approximate surface area is 97.6 Å². The lowest BCUT2D eigenvalue weighted by molar-refractivity contribution is 0.606. The van der Waals surface area contributed by atoms with Gasteiger partial charge in [-0.05, 0) is 50.6 Å². The molecule has 1 aliphatic rings. The quantitative estimate of drug-likeness (QED) is 0.651. The minimum Gasteiger partial charge on any atom is -0.316 e. The lowest BCUT2D eigenvalue weighted by Gasteiger charge is -2.16. The highest BCUT2D eigenvalue weighted by Gasteiger charge is 2.05. The van der Waals surface area contributed by atoms with Crippen LogP contribution in [-0.4, -0.2) is 13.1 Å². The van der Waals surface area contributed by atoms with Crippen LogP contribution in [0.2, 0.25) is 0 Å². The van der Waals surface area contributed by atoms with Gasteiger partial charge in [0, 0.05) is 5.56 Å². The molecule has 0 atom stereocenters. The summed E-state index contributed by atoms with van der Waals surface area (Å²) in [5, 5.41) is 3.36. The fourth-order valence-electron chi connectivity index (χ4n) is 1.88. The van der Waals surface area contributed by atoms with Crippen molar-refractivity contribution in [2.24, 2.45) is 0 Å². The van der Waals surface area contributed by atoms with Crippen LogP contribution < -0.4 is 5.32 Å². The third-order valence-corrected chi connectivity index (χ3v) is 2.91. The number of nitrogens with one attached hydrogen (secondary N) is 1. The SMILES string of the molecule is CC(C#Cc1ccccc1)=C1CCNCC1. The lowest BCUT2D eigenvalue weighted by atomic mass is 10.00. The monoisotopic (exact) mass is 211 g/mol.